The molecule has 0 fully saturated rings. The number of nitrogens with two attached hydrogens (primary N) is 1. The lowest BCUT2D eigenvalue weighted by atomic mass is 10.1. The third kappa shape index (κ3) is 3.74. The van der Waals surface area contributed by atoms with Crippen molar-refractivity contribution in [1.29, 1.82) is 0 Å². The summed E-state index contributed by atoms with van der Waals surface area (Å²) in [6.45, 7) is 0. The highest BCUT2D eigenvalue weighted by Crippen LogP contribution is 2.23. The Morgan fingerprint density at radius 1 is 1.19 bits per heavy atom. The molecule has 1 amide bonds. The van der Waals surface area contributed by atoms with Gasteiger partial charge >= 0.3 is 0 Å². The van der Waals surface area contributed by atoms with Gasteiger partial charge in [0.2, 0.25) is 0 Å². The van der Waals surface area contributed by atoms with E-state index in [1.54, 1.807) is 42.5 Å². The average Bonchev–Trinajstić information content (AvgIpc) is 2.50. The number of amidine groups is 1. The molecular formula is C14H11BrClN3O2. The van der Waals surface area contributed by atoms with Gasteiger partial charge in [-0.15, -0.1) is 0 Å². The van der Waals surface area contributed by atoms with Crippen LogP contribution in [0.25, 0.3) is 0 Å². The molecule has 2 aromatic rings. The van der Waals surface area contributed by atoms with E-state index in [4.69, 9.17) is 22.5 Å². The molecular weight excluding hydrogens is 358 g/mol. The van der Waals surface area contributed by atoms with Crippen molar-refractivity contribution in [3.8, 4) is 0 Å². The van der Waals surface area contributed by atoms with Gasteiger partial charge in [-0.25, -0.2) is 0 Å². The van der Waals surface area contributed by atoms with E-state index in [0.717, 1.165) is 4.47 Å². The van der Waals surface area contributed by atoms with Crippen molar-refractivity contribution in [2.45, 2.75) is 0 Å². The van der Waals surface area contributed by atoms with Crippen LogP contribution in [-0.4, -0.2) is 17.0 Å². The van der Waals surface area contributed by atoms with Gasteiger partial charge in [0.15, 0.2) is 5.84 Å². The van der Waals surface area contributed by atoms with Crippen LogP contribution in [0.2, 0.25) is 5.02 Å². The van der Waals surface area contributed by atoms with Crippen molar-refractivity contribution in [2.24, 2.45) is 10.9 Å². The predicted octanol–water partition coefficient (Wildman–Crippen LogP) is 3.45. The van der Waals surface area contributed by atoms with E-state index in [1.165, 1.54) is 0 Å². The summed E-state index contributed by atoms with van der Waals surface area (Å²) in [5, 5.41) is 14.7. The molecule has 0 heterocycles. The van der Waals surface area contributed by atoms with Crippen molar-refractivity contribution in [2.75, 3.05) is 5.32 Å². The Hall–Kier alpha value is -2.05. The summed E-state index contributed by atoms with van der Waals surface area (Å²) in [6.07, 6.45) is 0. The molecule has 7 heteroatoms. The minimum Gasteiger partial charge on any atom is -0.409 e. The molecule has 0 saturated carbocycles. The van der Waals surface area contributed by atoms with E-state index in [9.17, 15) is 4.79 Å². The number of anilines is 1. The molecule has 0 aromatic heterocycles. The molecule has 0 aliphatic rings. The first-order valence-electron chi connectivity index (χ1n) is 5.85. The van der Waals surface area contributed by atoms with Crippen LogP contribution in [0.1, 0.15) is 15.9 Å². The van der Waals surface area contributed by atoms with Gasteiger partial charge in [0.25, 0.3) is 5.91 Å². The van der Waals surface area contributed by atoms with Crippen molar-refractivity contribution >= 4 is 45.0 Å². The number of carbonyl (C=O) groups is 1. The Kier molecular flexibility index (Phi) is 4.82. The monoisotopic (exact) mass is 367 g/mol. The number of nitrogens with one attached hydrogen (secondary N) is 1. The summed E-state index contributed by atoms with van der Waals surface area (Å²) in [6, 6.07) is 11.5. The topological polar surface area (TPSA) is 87.7 Å². The first-order chi connectivity index (χ1) is 10.0. The summed E-state index contributed by atoms with van der Waals surface area (Å²) in [4.78, 5) is 12.1. The fourth-order valence-electron chi connectivity index (χ4n) is 1.62. The molecule has 108 valence electrons. The van der Waals surface area contributed by atoms with Gasteiger partial charge in [0, 0.05) is 21.3 Å². The zero-order valence-corrected chi connectivity index (χ0v) is 13.0. The molecule has 0 saturated heterocycles. The Morgan fingerprint density at radius 2 is 1.81 bits per heavy atom. The van der Waals surface area contributed by atoms with Gasteiger partial charge < -0.3 is 16.3 Å². The van der Waals surface area contributed by atoms with Crippen molar-refractivity contribution in [3.63, 3.8) is 0 Å². The van der Waals surface area contributed by atoms with Crippen LogP contribution >= 0.6 is 27.5 Å². The number of rotatable bonds is 3. The normalized spacial score (nSPS) is 11.2. The largest absolute Gasteiger partial charge is 0.409 e. The highest BCUT2D eigenvalue weighted by atomic mass is 79.9. The van der Waals surface area contributed by atoms with Crippen molar-refractivity contribution in [3.05, 3.63) is 63.1 Å². The fourth-order valence-corrected chi connectivity index (χ4v) is 2.05. The number of halogens is 2. The lowest BCUT2D eigenvalue weighted by Crippen LogP contribution is -2.14. The van der Waals surface area contributed by atoms with Gasteiger partial charge in [-0.1, -0.05) is 16.8 Å². The minimum atomic E-state index is -0.277. The third-order valence-corrected chi connectivity index (χ3v) is 3.96. The maximum Gasteiger partial charge on any atom is 0.255 e. The van der Waals surface area contributed by atoms with Crippen molar-refractivity contribution < 1.29 is 10.0 Å². The lowest BCUT2D eigenvalue weighted by Gasteiger charge is -2.07. The number of oxime groups is 1. The van der Waals surface area contributed by atoms with Crippen LogP contribution in [0.5, 0.6) is 0 Å². The van der Waals surface area contributed by atoms with Gasteiger partial charge in [-0.2, -0.15) is 0 Å². The highest BCUT2D eigenvalue weighted by molar-refractivity contribution is 9.10. The lowest BCUT2D eigenvalue weighted by molar-refractivity contribution is 0.102. The summed E-state index contributed by atoms with van der Waals surface area (Å²) in [5.41, 5.74) is 7.06. The molecule has 0 aliphatic carbocycles. The van der Waals surface area contributed by atoms with E-state index >= 15 is 0 Å². The summed E-state index contributed by atoms with van der Waals surface area (Å²) in [5.74, 6) is -0.270. The van der Waals surface area contributed by atoms with E-state index in [1.807, 2.05) is 0 Å². The van der Waals surface area contributed by atoms with E-state index < -0.39 is 0 Å². The average molecular weight is 369 g/mol. The molecule has 4 N–H and O–H groups in total. The van der Waals surface area contributed by atoms with E-state index in [-0.39, 0.29) is 11.7 Å². The highest BCUT2D eigenvalue weighted by Gasteiger charge is 2.08. The standard InChI is InChI=1S/C14H11BrClN3O2/c15-11-6-3-9(7-12(11)16)14(20)18-10-4-1-8(2-5-10)13(17)19-21/h1-7,21H,(H2,17,19)(H,18,20). The summed E-state index contributed by atoms with van der Waals surface area (Å²) in [7, 11) is 0. The number of nitrogens with zero attached hydrogens (tertiary/aromatic N) is 1. The van der Waals surface area contributed by atoms with Gasteiger partial charge in [0.05, 0.1) is 5.02 Å². The zero-order chi connectivity index (χ0) is 15.4. The minimum absolute atomic E-state index is 0.00701. The maximum absolute atomic E-state index is 12.1. The predicted molar refractivity (Wildman–Crippen MR) is 86.1 cm³/mol. The SMILES string of the molecule is N/C(=N/O)c1ccc(NC(=O)c2ccc(Br)c(Cl)c2)cc1. The van der Waals surface area contributed by atoms with E-state index in [2.05, 4.69) is 26.4 Å². The first kappa shape index (κ1) is 15.3. The Labute approximate surface area is 134 Å². The molecule has 0 unspecified atom stereocenters. The van der Waals surface area contributed by atoms with Gasteiger partial charge in [-0.05, 0) is 58.4 Å². The molecule has 0 spiro atoms. The van der Waals surface area contributed by atoms with Crippen LogP contribution in [-0.2, 0) is 0 Å². The Bertz CT molecular complexity index is 702. The molecule has 0 aliphatic heterocycles. The van der Waals surface area contributed by atoms with Crippen LogP contribution in [0.4, 0.5) is 5.69 Å². The number of benzene rings is 2. The van der Waals surface area contributed by atoms with Gasteiger partial charge in [0.1, 0.15) is 0 Å². The van der Waals surface area contributed by atoms with Crippen LogP contribution < -0.4 is 11.1 Å². The van der Waals surface area contributed by atoms with Gasteiger partial charge in [-0.3, -0.25) is 4.79 Å². The zero-order valence-electron chi connectivity index (χ0n) is 10.7. The second-order valence-electron chi connectivity index (χ2n) is 4.15. The Balaban J connectivity index is 2.14. The Morgan fingerprint density at radius 3 is 2.38 bits per heavy atom. The first-order valence-corrected chi connectivity index (χ1v) is 7.02. The summed E-state index contributed by atoms with van der Waals surface area (Å²) < 4.78 is 0.726. The molecule has 5 nitrogen and oxygen atoms in total. The molecule has 2 aromatic carbocycles. The van der Waals surface area contributed by atoms with Crippen LogP contribution in [0.3, 0.4) is 0 Å². The molecule has 2 rings (SSSR count). The maximum atomic E-state index is 12.1. The summed E-state index contributed by atoms with van der Waals surface area (Å²) >= 11 is 9.22. The number of amides is 1. The molecule has 21 heavy (non-hydrogen) atoms. The molecule has 0 radical (unpaired) electrons. The van der Waals surface area contributed by atoms with Crippen LogP contribution in [0.15, 0.2) is 52.1 Å². The second-order valence-corrected chi connectivity index (χ2v) is 5.41. The van der Waals surface area contributed by atoms with Crippen LogP contribution in [0, 0.1) is 0 Å². The molecule has 0 bridgehead atoms. The third-order valence-electron chi connectivity index (χ3n) is 2.73. The van der Waals surface area contributed by atoms with E-state index in [0.29, 0.717) is 21.8 Å². The van der Waals surface area contributed by atoms with Crippen molar-refractivity contribution in [1.82, 2.24) is 0 Å². The smallest absolute Gasteiger partial charge is 0.255 e. The fraction of sp³-hybridized carbons (Fsp3) is 0. The second kappa shape index (κ2) is 6.60. The quantitative estimate of drug-likeness (QED) is 0.335. The molecule has 0 atom stereocenters. The number of hydrogen-bond donors (Lipinski definition) is 3. The number of carbonyl (C=O) groups excluding carboxylic acids is 1. The number of hydrogen-bond acceptors (Lipinski definition) is 3.